The first-order valence-corrected chi connectivity index (χ1v) is 7.41. The Morgan fingerprint density at radius 2 is 1.82 bits per heavy atom. The van der Waals surface area contributed by atoms with Crippen molar-refractivity contribution in [1.29, 1.82) is 0 Å². The molecule has 0 atom stereocenters. The van der Waals surface area contributed by atoms with Crippen molar-refractivity contribution in [3.05, 3.63) is 47.3 Å². The van der Waals surface area contributed by atoms with E-state index in [1.54, 1.807) is 6.07 Å². The molecule has 5 nitrogen and oxygen atoms in total. The number of aryl methyl sites for hydroxylation is 2. The first-order chi connectivity index (χ1) is 10.4. The van der Waals surface area contributed by atoms with E-state index < -0.39 is 0 Å². The van der Waals surface area contributed by atoms with Crippen molar-refractivity contribution in [2.45, 2.75) is 27.7 Å². The molecule has 0 unspecified atom stereocenters. The fraction of sp³-hybridized carbons (Fsp3) is 0.353. The number of anilines is 2. The number of nitrogens with one attached hydrogen (secondary N) is 2. The van der Waals surface area contributed by atoms with E-state index in [0.717, 1.165) is 11.4 Å². The van der Waals surface area contributed by atoms with E-state index in [4.69, 9.17) is 0 Å². The molecule has 0 radical (unpaired) electrons. The van der Waals surface area contributed by atoms with Gasteiger partial charge in [-0.3, -0.25) is 4.79 Å². The van der Waals surface area contributed by atoms with Gasteiger partial charge >= 0.3 is 0 Å². The third-order valence-corrected chi connectivity index (χ3v) is 3.07. The van der Waals surface area contributed by atoms with Crippen LogP contribution in [0.4, 0.5) is 11.6 Å². The fourth-order valence-corrected chi connectivity index (χ4v) is 1.89. The SMILES string of the molecule is Cc1ccc(Nc2nc(C)cc(C(=O)NCC(C)C)n2)cc1. The summed E-state index contributed by atoms with van der Waals surface area (Å²) in [6.07, 6.45) is 0. The van der Waals surface area contributed by atoms with Crippen LogP contribution < -0.4 is 10.6 Å². The van der Waals surface area contributed by atoms with Crippen molar-refractivity contribution < 1.29 is 4.79 Å². The van der Waals surface area contributed by atoms with Crippen molar-refractivity contribution >= 4 is 17.5 Å². The smallest absolute Gasteiger partial charge is 0.270 e. The lowest BCUT2D eigenvalue weighted by Crippen LogP contribution is -2.28. The number of amides is 1. The zero-order valence-corrected chi connectivity index (χ0v) is 13.5. The summed E-state index contributed by atoms with van der Waals surface area (Å²) < 4.78 is 0. The highest BCUT2D eigenvalue weighted by molar-refractivity contribution is 5.92. The van der Waals surface area contributed by atoms with Crippen LogP contribution in [0, 0.1) is 19.8 Å². The highest BCUT2D eigenvalue weighted by Gasteiger charge is 2.11. The van der Waals surface area contributed by atoms with Crippen molar-refractivity contribution in [2.75, 3.05) is 11.9 Å². The van der Waals surface area contributed by atoms with Gasteiger partial charge in [0, 0.05) is 17.9 Å². The molecule has 0 aliphatic rings. The van der Waals surface area contributed by atoms with Crippen LogP contribution in [-0.2, 0) is 0 Å². The van der Waals surface area contributed by atoms with E-state index in [1.807, 2.05) is 38.1 Å². The number of rotatable bonds is 5. The van der Waals surface area contributed by atoms with Crippen LogP contribution in [-0.4, -0.2) is 22.4 Å². The van der Waals surface area contributed by atoms with E-state index >= 15 is 0 Å². The molecule has 0 saturated heterocycles. The van der Waals surface area contributed by atoms with Gasteiger partial charge in [0.05, 0.1) is 0 Å². The average Bonchev–Trinajstić information content (AvgIpc) is 2.46. The molecule has 1 heterocycles. The molecule has 0 aliphatic heterocycles. The molecule has 5 heteroatoms. The average molecular weight is 298 g/mol. The van der Waals surface area contributed by atoms with Crippen molar-refractivity contribution in [2.24, 2.45) is 5.92 Å². The van der Waals surface area contributed by atoms with Gasteiger partial charge in [-0.2, -0.15) is 0 Å². The first-order valence-electron chi connectivity index (χ1n) is 7.41. The molecule has 1 aromatic carbocycles. The second kappa shape index (κ2) is 7.02. The summed E-state index contributed by atoms with van der Waals surface area (Å²) in [4.78, 5) is 20.7. The molecule has 2 rings (SSSR count). The molecule has 0 bridgehead atoms. The standard InChI is InChI=1S/C17H22N4O/c1-11(2)10-18-16(22)15-9-13(4)19-17(21-15)20-14-7-5-12(3)6-8-14/h5-9,11H,10H2,1-4H3,(H,18,22)(H,19,20,21). The molecule has 0 fully saturated rings. The Kier molecular flexibility index (Phi) is 5.09. The second-order valence-corrected chi connectivity index (χ2v) is 5.81. The first kappa shape index (κ1) is 15.9. The number of benzene rings is 1. The van der Waals surface area contributed by atoms with Crippen molar-refractivity contribution in [3.63, 3.8) is 0 Å². The third-order valence-electron chi connectivity index (χ3n) is 3.07. The Balaban J connectivity index is 2.15. The zero-order valence-electron chi connectivity index (χ0n) is 13.5. The predicted molar refractivity (Wildman–Crippen MR) is 88.4 cm³/mol. The highest BCUT2D eigenvalue weighted by Crippen LogP contribution is 2.14. The third kappa shape index (κ3) is 4.55. The Bertz CT molecular complexity index is 650. The minimum atomic E-state index is -0.175. The van der Waals surface area contributed by atoms with Crippen LogP contribution in [0.5, 0.6) is 0 Å². The number of aromatic nitrogens is 2. The lowest BCUT2D eigenvalue weighted by molar-refractivity contribution is 0.0944. The number of carbonyl (C=O) groups is 1. The van der Waals surface area contributed by atoms with Crippen LogP contribution in [0.2, 0.25) is 0 Å². The Hall–Kier alpha value is -2.43. The molecule has 0 saturated carbocycles. The van der Waals surface area contributed by atoms with Gasteiger partial charge in [0.2, 0.25) is 5.95 Å². The molecule has 2 aromatic rings. The summed E-state index contributed by atoms with van der Waals surface area (Å²) in [7, 11) is 0. The molecule has 22 heavy (non-hydrogen) atoms. The lowest BCUT2D eigenvalue weighted by Gasteiger charge is -2.10. The quantitative estimate of drug-likeness (QED) is 0.889. The predicted octanol–water partition coefficient (Wildman–Crippen LogP) is 3.22. The van der Waals surface area contributed by atoms with Gasteiger partial charge in [0.25, 0.3) is 5.91 Å². The normalized spacial score (nSPS) is 10.6. The molecule has 2 N–H and O–H groups in total. The maximum absolute atomic E-state index is 12.1. The molecule has 0 spiro atoms. The van der Waals surface area contributed by atoms with Crippen LogP contribution in [0.1, 0.15) is 35.6 Å². The summed E-state index contributed by atoms with van der Waals surface area (Å²) in [5.74, 6) is 0.654. The van der Waals surface area contributed by atoms with Crippen LogP contribution in [0.3, 0.4) is 0 Å². The Morgan fingerprint density at radius 1 is 1.14 bits per heavy atom. The summed E-state index contributed by atoms with van der Waals surface area (Å²) in [6.45, 7) is 8.61. The largest absolute Gasteiger partial charge is 0.350 e. The number of carbonyl (C=O) groups excluding carboxylic acids is 1. The van der Waals surface area contributed by atoms with Gasteiger partial charge in [0.15, 0.2) is 0 Å². The molecule has 1 aromatic heterocycles. The van der Waals surface area contributed by atoms with Crippen LogP contribution >= 0.6 is 0 Å². The van der Waals surface area contributed by atoms with Gasteiger partial charge in [-0.1, -0.05) is 31.5 Å². The lowest BCUT2D eigenvalue weighted by atomic mass is 10.2. The fourth-order valence-electron chi connectivity index (χ4n) is 1.89. The maximum Gasteiger partial charge on any atom is 0.270 e. The zero-order chi connectivity index (χ0) is 16.1. The number of hydrogen-bond acceptors (Lipinski definition) is 4. The monoisotopic (exact) mass is 298 g/mol. The van der Waals surface area contributed by atoms with E-state index in [0.29, 0.717) is 24.1 Å². The summed E-state index contributed by atoms with van der Waals surface area (Å²) in [6, 6.07) is 9.62. The van der Waals surface area contributed by atoms with Gasteiger partial charge in [0.1, 0.15) is 5.69 Å². The minimum absolute atomic E-state index is 0.175. The van der Waals surface area contributed by atoms with E-state index in [1.165, 1.54) is 5.56 Å². The van der Waals surface area contributed by atoms with Gasteiger partial charge in [-0.25, -0.2) is 9.97 Å². The summed E-state index contributed by atoms with van der Waals surface area (Å²) in [5, 5.41) is 6.00. The molecule has 116 valence electrons. The molecule has 1 amide bonds. The highest BCUT2D eigenvalue weighted by atomic mass is 16.1. The van der Waals surface area contributed by atoms with Gasteiger partial charge in [-0.15, -0.1) is 0 Å². The van der Waals surface area contributed by atoms with Crippen LogP contribution in [0.25, 0.3) is 0 Å². The Labute approximate surface area is 131 Å². The minimum Gasteiger partial charge on any atom is -0.350 e. The summed E-state index contributed by atoms with van der Waals surface area (Å²) in [5.41, 5.74) is 3.20. The maximum atomic E-state index is 12.1. The van der Waals surface area contributed by atoms with E-state index in [9.17, 15) is 4.79 Å². The van der Waals surface area contributed by atoms with Crippen molar-refractivity contribution in [1.82, 2.24) is 15.3 Å². The molecule has 0 aliphatic carbocycles. The van der Waals surface area contributed by atoms with Gasteiger partial charge < -0.3 is 10.6 Å². The Morgan fingerprint density at radius 3 is 2.45 bits per heavy atom. The second-order valence-electron chi connectivity index (χ2n) is 5.81. The molecular formula is C17H22N4O. The topological polar surface area (TPSA) is 66.9 Å². The number of nitrogens with zero attached hydrogens (tertiary/aromatic N) is 2. The van der Waals surface area contributed by atoms with Crippen LogP contribution in [0.15, 0.2) is 30.3 Å². The van der Waals surface area contributed by atoms with Gasteiger partial charge in [-0.05, 0) is 38.0 Å². The summed E-state index contributed by atoms with van der Waals surface area (Å²) >= 11 is 0. The number of hydrogen-bond donors (Lipinski definition) is 2. The van der Waals surface area contributed by atoms with E-state index in [-0.39, 0.29) is 5.91 Å². The van der Waals surface area contributed by atoms with Crippen molar-refractivity contribution in [3.8, 4) is 0 Å². The molecular weight excluding hydrogens is 276 g/mol. The van der Waals surface area contributed by atoms with E-state index in [2.05, 4.69) is 34.4 Å².